The molecule has 1 aliphatic heterocycles. The quantitative estimate of drug-likeness (QED) is 0.566. The first-order valence-electron chi connectivity index (χ1n) is 8.45. The molecular formula is C20H18N2O7. The lowest BCUT2D eigenvalue weighted by Gasteiger charge is -2.23. The molecule has 9 heteroatoms. The number of aryl methyl sites for hydroxylation is 1. The molecule has 0 saturated carbocycles. The van der Waals surface area contributed by atoms with Crippen LogP contribution < -0.4 is 4.90 Å². The van der Waals surface area contributed by atoms with E-state index in [0.29, 0.717) is 22.7 Å². The zero-order chi connectivity index (χ0) is 21.1. The summed E-state index contributed by atoms with van der Waals surface area (Å²) in [6, 6.07) is 3.00. The second kappa shape index (κ2) is 8.01. The van der Waals surface area contributed by atoms with Gasteiger partial charge in [0.2, 0.25) is 0 Å². The number of esters is 3. The molecule has 2 aromatic rings. The molecule has 0 unspecified atom stereocenters. The van der Waals surface area contributed by atoms with E-state index in [4.69, 9.17) is 18.6 Å². The van der Waals surface area contributed by atoms with Crippen molar-refractivity contribution in [1.82, 2.24) is 4.98 Å². The molecule has 0 N–H and O–H groups in total. The summed E-state index contributed by atoms with van der Waals surface area (Å²) < 4.78 is 20.2. The van der Waals surface area contributed by atoms with Crippen molar-refractivity contribution in [3.8, 4) is 0 Å². The molecule has 1 aromatic carbocycles. The van der Waals surface area contributed by atoms with Gasteiger partial charge in [0.15, 0.2) is 11.5 Å². The minimum atomic E-state index is -0.783. The van der Waals surface area contributed by atoms with Crippen molar-refractivity contribution in [2.45, 2.75) is 6.92 Å². The molecule has 0 saturated heterocycles. The summed E-state index contributed by atoms with van der Waals surface area (Å²) in [5, 5.41) is 0. The van der Waals surface area contributed by atoms with Crippen LogP contribution in [-0.2, 0) is 23.8 Å². The summed E-state index contributed by atoms with van der Waals surface area (Å²) in [7, 11) is 3.65. The van der Waals surface area contributed by atoms with Gasteiger partial charge >= 0.3 is 17.9 Å². The maximum atomic E-state index is 12.6. The van der Waals surface area contributed by atoms with Crippen LogP contribution in [0.5, 0.6) is 0 Å². The van der Waals surface area contributed by atoms with Crippen LogP contribution in [0.3, 0.4) is 0 Å². The summed E-state index contributed by atoms with van der Waals surface area (Å²) in [5.74, 6) is -1.75. The monoisotopic (exact) mass is 398 g/mol. The van der Waals surface area contributed by atoms with Gasteiger partial charge in [0.1, 0.15) is 11.2 Å². The van der Waals surface area contributed by atoms with E-state index in [-0.39, 0.29) is 16.8 Å². The van der Waals surface area contributed by atoms with Gasteiger partial charge in [-0.25, -0.2) is 19.4 Å². The van der Waals surface area contributed by atoms with E-state index in [2.05, 4.69) is 4.98 Å². The van der Waals surface area contributed by atoms with Gasteiger partial charge in [0.05, 0.1) is 38.2 Å². The standard InChI is InChI=1S/C20H18N2O7/c1-11-21-14-9-12(18(23)26-2)10-15(17(14)29-11)22-8-6-5-7-13(19(24)27-3)16(22)20(25)28-4/h5-10H,1-4H3. The minimum absolute atomic E-state index is 0.0304. The molecule has 0 atom stereocenters. The molecule has 0 radical (unpaired) electrons. The Kier molecular flexibility index (Phi) is 5.49. The highest BCUT2D eigenvalue weighted by Crippen LogP contribution is 2.34. The second-order valence-corrected chi connectivity index (χ2v) is 5.88. The molecule has 1 aromatic heterocycles. The first-order chi connectivity index (χ1) is 13.9. The van der Waals surface area contributed by atoms with Crippen LogP contribution in [0.4, 0.5) is 5.69 Å². The molecule has 0 spiro atoms. The highest BCUT2D eigenvalue weighted by molar-refractivity contribution is 6.07. The van der Waals surface area contributed by atoms with E-state index in [0.717, 1.165) is 0 Å². The number of hydrogen-bond donors (Lipinski definition) is 0. The molecule has 2 heterocycles. The van der Waals surface area contributed by atoms with E-state index >= 15 is 0 Å². The molecule has 9 nitrogen and oxygen atoms in total. The summed E-state index contributed by atoms with van der Waals surface area (Å²) in [5.41, 5.74) is 1.05. The van der Waals surface area contributed by atoms with Crippen LogP contribution in [-0.4, -0.2) is 44.2 Å². The zero-order valence-electron chi connectivity index (χ0n) is 16.2. The number of anilines is 1. The fourth-order valence-electron chi connectivity index (χ4n) is 2.89. The highest BCUT2D eigenvalue weighted by atomic mass is 16.5. The normalized spacial score (nSPS) is 13.4. The van der Waals surface area contributed by atoms with Gasteiger partial charge in [-0.1, -0.05) is 6.08 Å². The average molecular weight is 398 g/mol. The number of carbonyl (C=O) groups excluding carboxylic acids is 3. The van der Waals surface area contributed by atoms with Crippen molar-refractivity contribution < 1.29 is 33.0 Å². The molecule has 29 heavy (non-hydrogen) atoms. The van der Waals surface area contributed by atoms with Crippen molar-refractivity contribution in [2.24, 2.45) is 0 Å². The van der Waals surface area contributed by atoms with Crippen LogP contribution >= 0.6 is 0 Å². The Balaban J connectivity index is 2.34. The number of methoxy groups -OCH3 is 3. The van der Waals surface area contributed by atoms with E-state index in [1.54, 1.807) is 19.1 Å². The SMILES string of the molecule is COC(=O)C1=C(C(=O)OC)N(c2cc(C(=O)OC)cc3nc(C)oc23)C=CC=C1. The second-order valence-electron chi connectivity index (χ2n) is 5.88. The maximum Gasteiger partial charge on any atom is 0.355 e. The van der Waals surface area contributed by atoms with Crippen LogP contribution in [0, 0.1) is 6.92 Å². The molecule has 3 rings (SSSR count). The molecule has 0 amide bonds. The van der Waals surface area contributed by atoms with Crippen LogP contribution in [0.25, 0.3) is 11.1 Å². The predicted molar refractivity (Wildman–Crippen MR) is 102 cm³/mol. The molecule has 0 fully saturated rings. The zero-order valence-corrected chi connectivity index (χ0v) is 16.2. The van der Waals surface area contributed by atoms with E-state index in [1.807, 2.05) is 0 Å². The average Bonchev–Trinajstić information content (AvgIpc) is 2.97. The van der Waals surface area contributed by atoms with Crippen LogP contribution in [0.1, 0.15) is 16.2 Å². The summed E-state index contributed by atoms with van der Waals surface area (Å²) in [6.07, 6.45) is 6.15. The van der Waals surface area contributed by atoms with Gasteiger partial charge in [-0.15, -0.1) is 0 Å². The van der Waals surface area contributed by atoms with Crippen molar-refractivity contribution in [1.29, 1.82) is 0 Å². The Hall–Kier alpha value is -3.88. The minimum Gasteiger partial charge on any atom is -0.465 e. The number of oxazole rings is 1. The topological polar surface area (TPSA) is 108 Å². The third kappa shape index (κ3) is 3.62. The summed E-state index contributed by atoms with van der Waals surface area (Å²) in [4.78, 5) is 42.7. The van der Waals surface area contributed by atoms with Crippen molar-refractivity contribution >= 4 is 34.7 Å². The number of benzene rings is 1. The van der Waals surface area contributed by atoms with E-state index in [1.165, 1.54) is 50.6 Å². The third-order valence-corrected chi connectivity index (χ3v) is 4.15. The summed E-state index contributed by atoms with van der Waals surface area (Å²) >= 11 is 0. The molecular weight excluding hydrogens is 380 g/mol. The van der Waals surface area contributed by atoms with Gasteiger partial charge in [-0.2, -0.15) is 0 Å². The predicted octanol–water partition coefficient (Wildman–Crippen LogP) is 2.41. The number of ether oxygens (including phenoxy) is 3. The first-order valence-corrected chi connectivity index (χ1v) is 8.45. The number of carbonyl (C=O) groups is 3. The fraction of sp³-hybridized carbons (Fsp3) is 0.200. The lowest BCUT2D eigenvalue weighted by Crippen LogP contribution is -2.27. The summed E-state index contributed by atoms with van der Waals surface area (Å²) in [6.45, 7) is 1.65. The van der Waals surface area contributed by atoms with Gasteiger partial charge in [-0.3, -0.25) is 0 Å². The number of rotatable bonds is 4. The lowest BCUT2D eigenvalue weighted by molar-refractivity contribution is -0.139. The number of fused-ring (bicyclic) bond motifs is 1. The van der Waals surface area contributed by atoms with Crippen molar-refractivity contribution in [3.05, 3.63) is 59.3 Å². The van der Waals surface area contributed by atoms with Crippen LogP contribution in [0.2, 0.25) is 0 Å². The Morgan fingerprint density at radius 1 is 0.966 bits per heavy atom. The fourth-order valence-corrected chi connectivity index (χ4v) is 2.89. The molecule has 1 aliphatic rings. The Labute approximate surface area is 165 Å². The number of aromatic nitrogens is 1. The Bertz CT molecular complexity index is 1090. The number of allylic oxidation sites excluding steroid dienone is 2. The number of hydrogen-bond acceptors (Lipinski definition) is 9. The molecule has 0 bridgehead atoms. The molecule has 150 valence electrons. The van der Waals surface area contributed by atoms with Gasteiger partial charge in [0.25, 0.3) is 0 Å². The largest absolute Gasteiger partial charge is 0.465 e. The van der Waals surface area contributed by atoms with Crippen LogP contribution in [0.15, 0.2) is 52.2 Å². The Morgan fingerprint density at radius 2 is 1.66 bits per heavy atom. The highest BCUT2D eigenvalue weighted by Gasteiger charge is 2.30. The van der Waals surface area contributed by atoms with Gasteiger partial charge in [-0.05, 0) is 24.3 Å². The first kappa shape index (κ1) is 19.9. The lowest BCUT2D eigenvalue weighted by atomic mass is 10.1. The van der Waals surface area contributed by atoms with Gasteiger partial charge < -0.3 is 23.5 Å². The smallest absolute Gasteiger partial charge is 0.355 e. The van der Waals surface area contributed by atoms with E-state index in [9.17, 15) is 14.4 Å². The number of nitrogens with zero attached hydrogens (tertiary/aromatic N) is 2. The van der Waals surface area contributed by atoms with E-state index < -0.39 is 17.9 Å². The maximum absolute atomic E-state index is 12.6. The molecule has 0 aliphatic carbocycles. The Morgan fingerprint density at radius 3 is 2.31 bits per heavy atom. The van der Waals surface area contributed by atoms with Crippen molar-refractivity contribution in [2.75, 3.05) is 26.2 Å². The van der Waals surface area contributed by atoms with Gasteiger partial charge in [0, 0.05) is 13.1 Å². The third-order valence-electron chi connectivity index (χ3n) is 4.15. The van der Waals surface area contributed by atoms with Crippen molar-refractivity contribution in [3.63, 3.8) is 0 Å².